The molecule has 0 radical (unpaired) electrons. The lowest BCUT2D eigenvalue weighted by molar-refractivity contribution is 0.0951. The van der Waals surface area contributed by atoms with Crippen molar-refractivity contribution in [2.24, 2.45) is 0 Å². The molecular formula is C21H24N4O. The maximum atomic E-state index is 12.7. The molecule has 2 aromatic carbocycles. The molecule has 0 atom stereocenters. The fraction of sp³-hybridized carbons (Fsp3) is 0.238. The van der Waals surface area contributed by atoms with Gasteiger partial charge in [-0.2, -0.15) is 5.10 Å². The summed E-state index contributed by atoms with van der Waals surface area (Å²) in [5, 5.41) is 7.48. The predicted molar refractivity (Wildman–Crippen MR) is 104 cm³/mol. The molecule has 3 aromatic rings. The van der Waals surface area contributed by atoms with E-state index in [0.717, 1.165) is 23.4 Å². The Morgan fingerprint density at radius 2 is 1.69 bits per heavy atom. The highest BCUT2D eigenvalue weighted by molar-refractivity contribution is 5.99. The van der Waals surface area contributed by atoms with Crippen molar-refractivity contribution in [2.75, 3.05) is 27.2 Å². The first-order chi connectivity index (χ1) is 12.6. The van der Waals surface area contributed by atoms with Crippen LogP contribution in [0.15, 0.2) is 66.9 Å². The Hall–Kier alpha value is -2.92. The molecule has 1 N–H and O–H groups in total. The van der Waals surface area contributed by atoms with Gasteiger partial charge in [0.05, 0.1) is 24.0 Å². The quantitative estimate of drug-likeness (QED) is 0.714. The number of rotatable bonds is 7. The Balaban J connectivity index is 1.91. The molecular weight excluding hydrogens is 324 g/mol. The van der Waals surface area contributed by atoms with Gasteiger partial charge < -0.3 is 10.2 Å². The Bertz CT molecular complexity index is 841. The summed E-state index contributed by atoms with van der Waals surface area (Å²) < 4.78 is 1.89. The lowest BCUT2D eigenvalue weighted by Crippen LogP contribution is -2.31. The Morgan fingerprint density at radius 1 is 1.04 bits per heavy atom. The lowest BCUT2D eigenvalue weighted by Gasteiger charge is -2.12. The summed E-state index contributed by atoms with van der Waals surface area (Å²) in [6.07, 6.45) is 1.66. The van der Waals surface area contributed by atoms with E-state index in [4.69, 9.17) is 0 Å². The van der Waals surface area contributed by atoms with Crippen LogP contribution < -0.4 is 5.32 Å². The number of amides is 1. The summed E-state index contributed by atoms with van der Waals surface area (Å²) in [6, 6.07) is 20.1. The number of carbonyl (C=O) groups excluding carboxylic acids is 1. The SMILES string of the molecule is CN(C)CCNC(=O)c1cnn(Cc2ccccc2)c1-c1ccccc1. The third kappa shape index (κ3) is 4.37. The highest BCUT2D eigenvalue weighted by Gasteiger charge is 2.19. The average molecular weight is 348 g/mol. The predicted octanol–water partition coefficient (Wildman–Crippen LogP) is 2.89. The van der Waals surface area contributed by atoms with Gasteiger partial charge >= 0.3 is 0 Å². The summed E-state index contributed by atoms with van der Waals surface area (Å²) in [7, 11) is 3.97. The van der Waals surface area contributed by atoms with Crippen molar-refractivity contribution >= 4 is 5.91 Å². The molecule has 0 aliphatic heterocycles. The number of aromatic nitrogens is 2. The van der Waals surface area contributed by atoms with Crippen LogP contribution in [0.25, 0.3) is 11.3 Å². The Labute approximate surface area is 154 Å². The van der Waals surface area contributed by atoms with Crippen molar-refractivity contribution in [3.05, 3.63) is 78.0 Å². The molecule has 0 fully saturated rings. The normalized spacial score (nSPS) is 10.9. The molecule has 0 aliphatic rings. The van der Waals surface area contributed by atoms with E-state index in [1.807, 2.05) is 72.2 Å². The average Bonchev–Trinajstić information content (AvgIpc) is 3.06. The number of likely N-dealkylation sites (N-methyl/N-ethyl adjacent to an activating group) is 1. The molecule has 134 valence electrons. The third-order valence-corrected chi connectivity index (χ3v) is 4.15. The number of nitrogens with one attached hydrogen (secondary N) is 1. The van der Waals surface area contributed by atoms with Crippen LogP contribution in [0.3, 0.4) is 0 Å². The summed E-state index contributed by atoms with van der Waals surface area (Å²) in [4.78, 5) is 14.7. The van der Waals surface area contributed by atoms with Crippen LogP contribution in [-0.4, -0.2) is 47.8 Å². The van der Waals surface area contributed by atoms with E-state index in [-0.39, 0.29) is 5.91 Å². The van der Waals surface area contributed by atoms with Gasteiger partial charge in [0.15, 0.2) is 0 Å². The van der Waals surface area contributed by atoms with Crippen molar-refractivity contribution in [3.8, 4) is 11.3 Å². The molecule has 1 amide bonds. The molecule has 26 heavy (non-hydrogen) atoms. The van der Waals surface area contributed by atoms with Gasteiger partial charge in [-0.3, -0.25) is 9.48 Å². The highest BCUT2D eigenvalue weighted by Crippen LogP contribution is 2.24. The first-order valence-electron chi connectivity index (χ1n) is 8.73. The second-order valence-electron chi connectivity index (χ2n) is 6.48. The van der Waals surface area contributed by atoms with Crippen LogP contribution >= 0.6 is 0 Å². The molecule has 1 heterocycles. The van der Waals surface area contributed by atoms with Crippen LogP contribution in [0.5, 0.6) is 0 Å². The zero-order chi connectivity index (χ0) is 18.4. The maximum Gasteiger partial charge on any atom is 0.255 e. The Morgan fingerprint density at radius 3 is 2.35 bits per heavy atom. The molecule has 3 rings (SSSR count). The van der Waals surface area contributed by atoms with Gasteiger partial charge in [-0.15, -0.1) is 0 Å². The van der Waals surface area contributed by atoms with E-state index in [1.54, 1.807) is 6.20 Å². The molecule has 1 aromatic heterocycles. The van der Waals surface area contributed by atoms with Crippen molar-refractivity contribution in [1.29, 1.82) is 0 Å². The largest absolute Gasteiger partial charge is 0.351 e. The summed E-state index contributed by atoms with van der Waals surface area (Å²) in [5.41, 5.74) is 3.58. The number of hydrogen-bond donors (Lipinski definition) is 1. The minimum atomic E-state index is -0.0926. The van der Waals surface area contributed by atoms with Gasteiger partial charge in [0.1, 0.15) is 0 Å². The molecule has 0 unspecified atom stereocenters. The molecule has 5 nitrogen and oxygen atoms in total. The van der Waals surface area contributed by atoms with Crippen LogP contribution in [0.2, 0.25) is 0 Å². The molecule has 0 saturated carbocycles. The molecule has 0 bridgehead atoms. The minimum absolute atomic E-state index is 0.0926. The Kier molecular flexibility index (Phi) is 5.81. The van der Waals surface area contributed by atoms with Crippen molar-refractivity contribution < 1.29 is 4.79 Å². The summed E-state index contributed by atoms with van der Waals surface area (Å²) in [5.74, 6) is -0.0926. The molecule has 0 saturated heterocycles. The fourth-order valence-corrected chi connectivity index (χ4v) is 2.82. The molecule has 5 heteroatoms. The van der Waals surface area contributed by atoms with Crippen molar-refractivity contribution in [3.63, 3.8) is 0 Å². The van der Waals surface area contributed by atoms with Gasteiger partial charge in [0.2, 0.25) is 0 Å². The molecule has 0 spiro atoms. The second-order valence-corrected chi connectivity index (χ2v) is 6.48. The summed E-state index contributed by atoms with van der Waals surface area (Å²) >= 11 is 0. The van der Waals surface area contributed by atoms with Crippen molar-refractivity contribution in [2.45, 2.75) is 6.54 Å². The van der Waals surface area contributed by atoms with E-state index in [9.17, 15) is 4.79 Å². The monoisotopic (exact) mass is 348 g/mol. The fourth-order valence-electron chi connectivity index (χ4n) is 2.82. The maximum absolute atomic E-state index is 12.7. The van der Waals surface area contributed by atoms with Gasteiger partial charge in [0.25, 0.3) is 5.91 Å². The zero-order valence-electron chi connectivity index (χ0n) is 15.2. The number of benzene rings is 2. The van der Waals surface area contributed by atoms with Gasteiger partial charge in [-0.05, 0) is 19.7 Å². The minimum Gasteiger partial charge on any atom is -0.351 e. The topological polar surface area (TPSA) is 50.2 Å². The van der Waals surface area contributed by atoms with Crippen LogP contribution in [0.1, 0.15) is 15.9 Å². The van der Waals surface area contributed by atoms with E-state index < -0.39 is 0 Å². The smallest absolute Gasteiger partial charge is 0.255 e. The van der Waals surface area contributed by atoms with E-state index >= 15 is 0 Å². The van der Waals surface area contributed by atoms with Gasteiger partial charge in [-0.1, -0.05) is 60.7 Å². The van der Waals surface area contributed by atoms with E-state index in [2.05, 4.69) is 22.5 Å². The summed E-state index contributed by atoms with van der Waals surface area (Å²) in [6.45, 7) is 2.02. The number of hydrogen-bond acceptors (Lipinski definition) is 3. The first kappa shape index (κ1) is 17.9. The van der Waals surface area contributed by atoms with E-state index in [1.165, 1.54) is 0 Å². The molecule has 0 aliphatic carbocycles. The number of nitrogens with zero attached hydrogens (tertiary/aromatic N) is 3. The van der Waals surface area contributed by atoms with Crippen LogP contribution in [-0.2, 0) is 6.54 Å². The first-order valence-corrected chi connectivity index (χ1v) is 8.73. The third-order valence-electron chi connectivity index (χ3n) is 4.15. The van der Waals surface area contributed by atoms with Crippen LogP contribution in [0, 0.1) is 0 Å². The highest BCUT2D eigenvalue weighted by atomic mass is 16.1. The standard InChI is InChI=1S/C21H24N4O/c1-24(2)14-13-22-21(26)19-15-23-25(16-17-9-5-3-6-10-17)20(19)18-11-7-4-8-12-18/h3-12,15H,13-14,16H2,1-2H3,(H,22,26). The van der Waals surface area contributed by atoms with Gasteiger partial charge in [0, 0.05) is 18.7 Å². The zero-order valence-corrected chi connectivity index (χ0v) is 15.2. The van der Waals surface area contributed by atoms with E-state index in [0.29, 0.717) is 18.7 Å². The lowest BCUT2D eigenvalue weighted by atomic mass is 10.1. The number of carbonyl (C=O) groups is 1. The second kappa shape index (κ2) is 8.45. The van der Waals surface area contributed by atoms with Crippen LogP contribution in [0.4, 0.5) is 0 Å². The van der Waals surface area contributed by atoms with Crippen molar-refractivity contribution in [1.82, 2.24) is 20.0 Å². The van der Waals surface area contributed by atoms with Gasteiger partial charge in [-0.25, -0.2) is 0 Å².